The van der Waals surface area contributed by atoms with Gasteiger partial charge in [-0.05, 0) is 42.8 Å². The number of aromatic nitrogens is 2. The molecule has 0 bridgehead atoms. The maximum atomic E-state index is 12.8. The van der Waals surface area contributed by atoms with E-state index in [0.717, 1.165) is 11.4 Å². The molecule has 0 aliphatic rings. The first-order valence-electron chi connectivity index (χ1n) is 9.42. The molecule has 0 radical (unpaired) electrons. The summed E-state index contributed by atoms with van der Waals surface area (Å²) in [7, 11) is 5.03. The summed E-state index contributed by atoms with van der Waals surface area (Å²) in [4.78, 5) is 17.0. The van der Waals surface area contributed by atoms with Crippen LogP contribution in [0.5, 0.6) is 17.2 Å². The van der Waals surface area contributed by atoms with Gasteiger partial charge in [-0.1, -0.05) is 6.08 Å². The predicted octanol–water partition coefficient (Wildman–Crippen LogP) is 4.00. The predicted molar refractivity (Wildman–Crippen MR) is 115 cm³/mol. The third kappa shape index (κ3) is 4.81. The third-order valence-electron chi connectivity index (χ3n) is 4.58. The molecule has 7 heteroatoms. The minimum Gasteiger partial charge on any atom is -0.493 e. The Bertz CT molecular complexity index is 1030. The Labute approximate surface area is 175 Å². The number of amides is 1. The van der Waals surface area contributed by atoms with Crippen molar-refractivity contribution in [3.05, 3.63) is 78.4 Å². The highest BCUT2D eigenvalue weighted by Crippen LogP contribution is 2.33. The summed E-state index contributed by atoms with van der Waals surface area (Å²) in [5.74, 6) is 2.37. The van der Waals surface area contributed by atoms with Crippen molar-refractivity contribution in [2.24, 2.45) is 7.05 Å². The summed E-state index contributed by atoms with van der Waals surface area (Å²) in [5, 5.41) is 2.89. The Morgan fingerprint density at radius 3 is 2.57 bits per heavy atom. The fourth-order valence-corrected chi connectivity index (χ4v) is 3.00. The van der Waals surface area contributed by atoms with Crippen molar-refractivity contribution in [3.8, 4) is 17.2 Å². The number of methoxy groups -OCH3 is 2. The lowest BCUT2D eigenvalue weighted by Crippen LogP contribution is -2.13. The fourth-order valence-electron chi connectivity index (χ4n) is 3.00. The highest BCUT2D eigenvalue weighted by atomic mass is 16.5. The number of allylic oxidation sites excluding steroid dienone is 1. The van der Waals surface area contributed by atoms with Crippen LogP contribution in [-0.4, -0.2) is 29.7 Å². The van der Waals surface area contributed by atoms with Gasteiger partial charge in [0.15, 0.2) is 11.5 Å². The number of aryl methyl sites for hydroxylation is 1. The Morgan fingerprint density at radius 1 is 1.20 bits per heavy atom. The lowest BCUT2D eigenvalue weighted by Gasteiger charge is -2.14. The molecule has 0 aliphatic heterocycles. The number of benzene rings is 2. The molecule has 156 valence electrons. The molecule has 1 N–H and O–H groups in total. The maximum absolute atomic E-state index is 12.8. The average Bonchev–Trinajstić information content (AvgIpc) is 3.17. The number of rotatable bonds is 9. The number of carbonyl (C=O) groups excluding carboxylic acids is 1. The van der Waals surface area contributed by atoms with Gasteiger partial charge in [-0.15, -0.1) is 6.58 Å². The van der Waals surface area contributed by atoms with Gasteiger partial charge in [0.25, 0.3) is 5.91 Å². The second kappa shape index (κ2) is 9.65. The van der Waals surface area contributed by atoms with Gasteiger partial charge >= 0.3 is 0 Å². The Morgan fingerprint density at radius 2 is 1.97 bits per heavy atom. The van der Waals surface area contributed by atoms with Gasteiger partial charge in [-0.25, -0.2) is 4.98 Å². The molecular formula is C23H25N3O4. The van der Waals surface area contributed by atoms with Crippen LogP contribution in [0.2, 0.25) is 0 Å². The van der Waals surface area contributed by atoms with Crippen molar-refractivity contribution in [3.63, 3.8) is 0 Å². The SMILES string of the molecule is C=CCc1cc(C(=O)Nc2ccc(OCc3nccn3C)cc2)cc(OC)c1OC. The lowest BCUT2D eigenvalue weighted by atomic mass is 10.0. The van der Waals surface area contributed by atoms with Crippen LogP contribution in [0.1, 0.15) is 21.7 Å². The van der Waals surface area contributed by atoms with Crippen LogP contribution in [0.3, 0.4) is 0 Å². The number of hydrogen-bond acceptors (Lipinski definition) is 5. The first-order valence-corrected chi connectivity index (χ1v) is 9.42. The van der Waals surface area contributed by atoms with Gasteiger partial charge in [-0.2, -0.15) is 0 Å². The first kappa shape index (κ1) is 21.0. The van der Waals surface area contributed by atoms with E-state index in [0.29, 0.717) is 41.5 Å². The molecule has 2 aromatic carbocycles. The van der Waals surface area contributed by atoms with Crippen molar-refractivity contribution < 1.29 is 19.0 Å². The highest BCUT2D eigenvalue weighted by Gasteiger charge is 2.16. The number of imidazole rings is 1. The molecule has 1 amide bonds. The largest absolute Gasteiger partial charge is 0.493 e. The van der Waals surface area contributed by atoms with E-state index in [1.54, 1.807) is 62.9 Å². The zero-order chi connectivity index (χ0) is 21.5. The summed E-state index contributed by atoms with van der Waals surface area (Å²) in [6, 6.07) is 10.6. The first-order chi connectivity index (χ1) is 14.5. The molecule has 0 fully saturated rings. The van der Waals surface area contributed by atoms with Gasteiger partial charge in [0, 0.05) is 36.3 Å². The number of ether oxygens (including phenoxy) is 3. The van der Waals surface area contributed by atoms with Gasteiger partial charge in [0.2, 0.25) is 0 Å². The molecule has 0 unspecified atom stereocenters. The topological polar surface area (TPSA) is 74.6 Å². The molecule has 0 saturated carbocycles. The van der Waals surface area contributed by atoms with Crippen molar-refractivity contribution in [1.29, 1.82) is 0 Å². The molecule has 0 aliphatic carbocycles. The van der Waals surface area contributed by atoms with Crippen LogP contribution in [-0.2, 0) is 20.1 Å². The van der Waals surface area contributed by atoms with Crippen LogP contribution in [0.4, 0.5) is 5.69 Å². The van der Waals surface area contributed by atoms with Crippen LogP contribution in [0, 0.1) is 0 Å². The van der Waals surface area contributed by atoms with Crippen molar-refractivity contribution in [2.75, 3.05) is 19.5 Å². The molecule has 7 nitrogen and oxygen atoms in total. The number of carbonyl (C=O) groups is 1. The van der Waals surface area contributed by atoms with E-state index in [1.165, 1.54) is 0 Å². The van der Waals surface area contributed by atoms with E-state index in [4.69, 9.17) is 14.2 Å². The van der Waals surface area contributed by atoms with Gasteiger partial charge < -0.3 is 24.1 Å². The number of hydrogen-bond donors (Lipinski definition) is 1. The van der Waals surface area contributed by atoms with Crippen molar-refractivity contribution in [2.45, 2.75) is 13.0 Å². The number of nitrogens with one attached hydrogen (secondary N) is 1. The molecule has 0 spiro atoms. The van der Waals surface area contributed by atoms with Crippen LogP contribution in [0.15, 0.2) is 61.4 Å². The Kier molecular flexibility index (Phi) is 6.75. The standard InChI is InChI=1S/C23H25N3O4/c1-5-6-16-13-17(14-20(28-3)22(16)29-4)23(27)25-18-7-9-19(10-8-18)30-15-21-24-11-12-26(21)2/h5,7-14H,1,6,15H2,2-4H3,(H,25,27). The molecule has 3 aromatic rings. The molecular weight excluding hydrogens is 382 g/mol. The van der Waals surface area contributed by atoms with E-state index in [-0.39, 0.29) is 5.91 Å². The number of anilines is 1. The monoisotopic (exact) mass is 407 g/mol. The minimum atomic E-state index is -0.247. The van der Waals surface area contributed by atoms with E-state index in [1.807, 2.05) is 17.8 Å². The van der Waals surface area contributed by atoms with Gasteiger partial charge in [0.1, 0.15) is 18.2 Å². The van der Waals surface area contributed by atoms with Crippen molar-refractivity contribution >= 4 is 11.6 Å². The molecule has 0 atom stereocenters. The zero-order valence-electron chi connectivity index (χ0n) is 17.3. The summed E-state index contributed by atoms with van der Waals surface area (Å²) >= 11 is 0. The third-order valence-corrected chi connectivity index (χ3v) is 4.58. The lowest BCUT2D eigenvalue weighted by molar-refractivity contribution is 0.102. The summed E-state index contributed by atoms with van der Waals surface area (Å²) in [6.45, 7) is 4.13. The van der Waals surface area contributed by atoms with E-state index in [9.17, 15) is 4.79 Å². The fraction of sp³-hybridized carbons (Fsp3) is 0.217. The molecule has 1 aromatic heterocycles. The van der Waals surface area contributed by atoms with E-state index < -0.39 is 0 Å². The van der Waals surface area contributed by atoms with Crippen molar-refractivity contribution in [1.82, 2.24) is 9.55 Å². The van der Waals surface area contributed by atoms with Gasteiger partial charge in [-0.3, -0.25) is 4.79 Å². The highest BCUT2D eigenvalue weighted by molar-refractivity contribution is 6.05. The second-order valence-electron chi connectivity index (χ2n) is 6.59. The Hall–Kier alpha value is -3.74. The van der Waals surface area contributed by atoms with E-state index in [2.05, 4.69) is 16.9 Å². The normalized spacial score (nSPS) is 10.4. The van der Waals surface area contributed by atoms with Gasteiger partial charge in [0.05, 0.1) is 14.2 Å². The zero-order valence-corrected chi connectivity index (χ0v) is 17.3. The van der Waals surface area contributed by atoms with Crippen LogP contribution < -0.4 is 19.5 Å². The Balaban J connectivity index is 1.70. The second-order valence-corrected chi connectivity index (χ2v) is 6.59. The number of nitrogens with zero attached hydrogens (tertiary/aromatic N) is 2. The average molecular weight is 407 g/mol. The smallest absolute Gasteiger partial charge is 0.255 e. The minimum absolute atomic E-state index is 0.247. The molecule has 3 rings (SSSR count). The summed E-state index contributed by atoms with van der Waals surface area (Å²) in [6.07, 6.45) is 5.91. The quantitative estimate of drug-likeness (QED) is 0.543. The molecule has 0 saturated heterocycles. The summed E-state index contributed by atoms with van der Waals surface area (Å²) in [5.41, 5.74) is 1.96. The molecule has 1 heterocycles. The summed E-state index contributed by atoms with van der Waals surface area (Å²) < 4.78 is 18.4. The van der Waals surface area contributed by atoms with Crippen LogP contribution >= 0.6 is 0 Å². The van der Waals surface area contributed by atoms with Crippen LogP contribution in [0.25, 0.3) is 0 Å². The maximum Gasteiger partial charge on any atom is 0.255 e. The molecule has 30 heavy (non-hydrogen) atoms. The van der Waals surface area contributed by atoms with E-state index >= 15 is 0 Å².